The molecule has 0 bridgehead atoms. The zero-order valence-corrected chi connectivity index (χ0v) is 20.0. The number of hydrogen-bond donors (Lipinski definition) is 1. The van der Waals surface area contributed by atoms with Crippen LogP contribution in [0.3, 0.4) is 0 Å². The maximum absolute atomic E-state index is 13.2. The smallest absolute Gasteiger partial charge is 0.261 e. The first-order valence-electron chi connectivity index (χ1n) is 10.5. The third kappa shape index (κ3) is 7.44. The van der Waals surface area contributed by atoms with Gasteiger partial charge in [-0.25, -0.2) is 0 Å². The zero-order chi connectivity index (χ0) is 23.0. The van der Waals surface area contributed by atoms with E-state index in [1.165, 1.54) is 0 Å². The van der Waals surface area contributed by atoms with E-state index in [-0.39, 0.29) is 31.0 Å². The summed E-state index contributed by atoms with van der Waals surface area (Å²) in [5, 5.41) is 3.82. The Balaban J connectivity index is 2.24. The van der Waals surface area contributed by atoms with E-state index in [1.54, 1.807) is 29.2 Å². The highest BCUT2D eigenvalue weighted by Crippen LogP contribution is 2.24. The normalized spacial score (nSPS) is 12.7. The van der Waals surface area contributed by atoms with Crippen molar-refractivity contribution in [1.82, 2.24) is 10.2 Å². The molecule has 0 aliphatic rings. The molecule has 2 atom stereocenters. The van der Waals surface area contributed by atoms with Crippen LogP contribution in [0, 0.1) is 6.92 Å². The van der Waals surface area contributed by atoms with E-state index in [2.05, 4.69) is 5.32 Å². The Kier molecular flexibility index (Phi) is 9.66. The summed E-state index contributed by atoms with van der Waals surface area (Å²) < 4.78 is 5.72. The van der Waals surface area contributed by atoms with Gasteiger partial charge in [0, 0.05) is 12.6 Å². The van der Waals surface area contributed by atoms with Crippen molar-refractivity contribution in [1.29, 1.82) is 0 Å². The van der Waals surface area contributed by atoms with Crippen LogP contribution in [-0.2, 0) is 16.1 Å². The molecule has 7 heteroatoms. The van der Waals surface area contributed by atoms with Gasteiger partial charge in [0.05, 0.1) is 10.0 Å². The first-order chi connectivity index (χ1) is 14.7. The number of rotatable bonds is 10. The molecule has 0 aliphatic carbocycles. The highest BCUT2D eigenvalue weighted by Gasteiger charge is 2.29. The monoisotopic (exact) mass is 464 g/mol. The lowest BCUT2D eigenvalue weighted by atomic mass is 10.1. The highest BCUT2D eigenvalue weighted by atomic mass is 35.5. The maximum atomic E-state index is 13.2. The van der Waals surface area contributed by atoms with Gasteiger partial charge in [0.2, 0.25) is 5.91 Å². The molecule has 2 aromatic rings. The van der Waals surface area contributed by atoms with Gasteiger partial charge in [0.25, 0.3) is 5.91 Å². The van der Waals surface area contributed by atoms with Crippen LogP contribution >= 0.6 is 23.2 Å². The molecule has 2 aromatic carbocycles. The predicted molar refractivity (Wildman–Crippen MR) is 126 cm³/mol. The summed E-state index contributed by atoms with van der Waals surface area (Å²) in [6.45, 7) is 7.84. The minimum Gasteiger partial charge on any atom is -0.484 e. The number of ether oxygens (including phenoxy) is 1. The highest BCUT2D eigenvalue weighted by molar-refractivity contribution is 6.42. The Hall–Kier alpha value is -2.24. The molecule has 0 radical (unpaired) electrons. The first-order valence-corrected chi connectivity index (χ1v) is 11.2. The van der Waals surface area contributed by atoms with Crippen LogP contribution in [-0.4, -0.2) is 35.4 Å². The zero-order valence-electron chi connectivity index (χ0n) is 18.5. The number of halogens is 2. The number of carbonyl (C=O) groups is 2. The Labute approximate surface area is 194 Å². The van der Waals surface area contributed by atoms with Crippen molar-refractivity contribution >= 4 is 35.0 Å². The molecule has 0 fully saturated rings. The second kappa shape index (κ2) is 12.0. The largest absolute Gasteiger partial charge is 0.484 e. The summed E-state index contributed by atoms with van der Waals surface area (Å²) in [5.74, 6) is 0.152. The molecule has 0 spiro atoms. The van der Waals surface area contributed by atoms with E-state index in [9.17, 15) is 9.59 Å². The van der Waals surface area contributed by atoms with Crippen molar-refractivity contribution in [2.45, 2.75) is 59.2 Å². The topological polar surface area (TPSA) is 58.6 Å². The lowest BCUT2D eigenvalue weighted by Crippen LogP contribution is -2.51. The third-order valence-electron chi connectivity index (χ3n) is 5.08. The van der Waals surface area contributed by atoms with Gasteiger partial charge in [-0.05, 0) is 62.1 Å². The van der Waals surface area contributed by atoms with Crippen LogP contribution in [0.25, 0.3) is 0 Å². The molecule has 5 nitrogen and oxygen atoms in total. The average molecular weight is 465 g/mol. The number of nitrogens with one attached hydrogen (secondary N) is 1. The summed E-state index contributed by atoms with van der Waals surface area (Å²) in [6.07, 6.45) is 1.28. The van der Waals surface area contributed by atoms with Crippen LogP contribution in [0.2, 0.25) is 10.0 Å². The van der Waals surface area contributed by atoms with Crippen LogP contribution in [0.5, 0.6) is 5.75 Å². The summed E-state index contributed by atoms with van der Waals surface area (Å²) in [6, 6.07) is 12.1. The van der Waals surface area contributed by atoms with Crippen LogP contribution in [0.1, 0.15) is 44.7 Å². The molecule has 168 valence electrons. The van der Waals surface area contributed by atoms with E-state index in [1.807, 2.05) is 45.9 Å². The number of carbonyl (C=O) groups excluding carboxylic acids is 2. The quantitative estimate of drug-likeness (QED) is 0.511. The van der Waals surface area contributed by atoms with Gasteiger partial charge in [-0.3, -0.25) is 9.59 Å². The first kappa shape index (κ1) is 25.0. The Morgan fingerprint density at radius 2 is 1.81 bits per heavy atom. The fraction of sp³-hybridized carbons (Fsp3) is 0.417. The SMILES string of the molecule is CC[C@@H](C)NC(=O)[C@H](CC)N(Cc1ccc(Cl)c(Cl)c1)C(=O)COc1cccc(C)c1. The van der Waals surface area contributed by atoms with Gasteiger partial charge in [0.1, 0.15) is 11.8 Å². The van der Waals surface area contributed by atoms with Crippen molar-refractivity contribution in [3.8, 4) is 5.75 Å². The molecule has 0 aliphatic heterocycles. The Morgan fingerprint density at radius 3 is 2.42 bits per heavy atom. The molecule has 0 heterocycles. The molecule has 2 amide bonds. The standard InChI is InChI=1S/C24H30Cl2N2O3/c1-5-17(4)27-24(30)22(6-2)28(14-18-10-11-20(25)21(26)13-18)23(29)15-31-19-9-7-8-16(3)12-19/h7-13,17,22H,5-6,14-15H2,1-4H3,(H,27,30)/t17-,22+/m1/s1. The van der Waals surface area contributed by atoms with Crippen LogP contribution in [0.4, 0.5) is 0 Å². The summed E-state index contributed by atoms with van der Waals surface area (Å²) in [7, 11) is 0. The molecule has 0 saturated heterocycles. The fourth-order valence-electron chi connectivity index (χ4n) is 3.13. The van der Waals surface area contributed by atoms with E-state index in [4.69, 9.17) is 27.9 Å². The third-order valence-corrected chi connectivity index (χ3v) is 5.81. The maximum Gasteiger partial charge on any atom is 0.261 e. The van der Waals surface area contributed by atoms with Gasteiger partial charge >= 0.3 is 0 Å². The molecule has 0 unspecified atom stereocenters. The minimum atomic E-state index is -0.628. The van der Waals surface area contributed by atoms with Gasteiger partial charge in [-0.1, -0.05) is 55.2 Å². The summed E-state index contributed by atoms with van der Waals surface area (Å²) in [4.78, 5) is 27.7. The lowest BCUT2D eigenvalue weighted by Gasteiger charge is -2.31. The van der Waals surface area contributed by atoms with Gasteiger partial charge < -0.3 is 15.0 Å². The van der Waals surface area contributed by atoms with E-state index < -0.39 is 6.04 Å². The summed E-state index contributed by atoms with van der Waals surface area (Å²) in [5.41, 5.74) is 1.82. The fourth-order valence-corrected chi connectivity index (χ4v) is 3.45. The average Bonchev–Trinajstić information content (AvgIpc) is 2.74. The molecule has 2 rings (SSSR count). The Bertz CT molecular complexity index is 904. The van der Waals surface area contributed by atoms with Crippen LogP contribution < -0.4 is 10.1 Å². The van der Waals surface area contributed by atoms with E-state index in [0.717, 1.165) is 17.5 Å². The number of nitrogens with zero attached hydrogens (tertiary/aromatic N) is 1. The van der Waals surface area contributed by atoms with E-state index in [0.29, 0.717) is 22.2 Å². The predicted octanol–water partition coefficient (Wildman–Crippen LogP) is 5.40. The minimum absolute atomic E-state index is 0.0204. The molecular formula is C24H30Cl2N2O3. The second-order valence-corrected chi connectivity index (χ2v) is 8.43. The Morgan fingerprint density at radius 1 is 1.06 bits per heavy atom. The molecular weight excluding hydrogens is 435 g/mol. The van der Waals surface area contributed by atoms with Gasteiger partial charge in [-0.15, -0.1) is 0 Å². The molecule has 1 N–H and O–H groups in total. The van der Waals surface area contributed by atoms with Crippen LogP contribution in [0.15, 0.2) is 42.5 Å². The van der Waals surface area contributed by atoms with Crippen molar-refractivity contribution in [3.63, 3.8) is 0 Å². The van der Waals surface area contributed by atoms with Gasteiger partial charge in [-0.2, -0.15) is 0 Å². The number of benzene rings is 2. The number of aryl methyl sites for hydroxylation is 1. The summed E-state index contributed by atoms with van der Waals surface area (Å²) >= 11 is 12.2. The molecule has 0 saturated carbocycles. The lowest BCUT2D eigenvalue weighted by molar-refractivity contribution is -0.143. The van der Waals surface area contributed by atoms with Crippen molar-refractivity contribution in [3.05, 3.63) is 63.6 Å². The van der Waals surface area contributed by atoms with Gasteiger partial charge in [0.15, 0.2) is 6.61 Å². The molecule has 31 heavy (non-hydrogen) atoms. The van der Waals surface area contributed by atoms with Crippen molar-refractivity contribution in [2.24, 2.45) is 0 Å². The second-order valence-electron chi connectivity index (χ2n) is 7.62. The molecule has 0 aromatic heterocycles. The van der Waals surface area contributed by atoms with Crippen molar-refractivity contribution in [2.75, 3.05) is 6.61 Å². The van der Waals surface area contributed by atoms with Crippen molar-refractivity contribution < 1.29 is 14.3 Å². The van der Waals surface area contributed by atoms with E-state index >= 15 is 0 Å². The number of hydrogen-bond acceptors (Lipinski definition) is 3. The number of amides is 2.